The first-order valence-electron chi connectivity index (χ1n) is 11.4. The first kappa shape index (κ1) is 21.9. The Bertz CT molecular complexity index is 1270. The van der Waals surface area contributed by atoms with E-state index >= 15 is 0 Å². The van der Waals surface area contributed by atoms with Crippen molar-refractivity contribution in [3.05, 3.63) is 78.1 Å². The molecule has 3 heterocycles. The lowest BCUT2D eigenvalue weighted by Crippen LogP contribution is -2.36. The molecule has 2 N–H and O–H groups in total. The lowest BCUT2D eigenvalue weighted by Gasteiger charge is -2.25. The van der Waals surface area contributed by atoms with Crippen LogP contribution in [0.25, 0.3) is 10.9 Å². The first-order valence-corrected chi connectivity index (χ1v) is 11.4. The maximum Gasteiger partial charge on any atom is 0.257 e. The second-order valence-corrected chi connectivity index (χ2v) is 8.40. The Kier molecular flexibility index (Phi) is 6.40. The van der Waals surface area contributed by atoms with Crippen LogP contribution in [0.3, 0.4) is 0 Å². The molecule has 1 atom stereocenters. The van der Waals surface area contributed by atoms with Crippen molar-refractivity contribution >= 4 is 28.3 Å². The number of nitrogens with one attached hydrogen (secondary N) is 2. The number of anilines is 2. The number of nitrogens with zero attached hydrogens (tertiary/aromatic N) is 3. The molecule has 174 valence electrons. The number of methoxy groups -OCH3 is 1. The van der Waals surface area contributed by atoms with Gasteiger partial charge in [0.25, 0.3) is 5.91 Å². The zero-order valence-electron chi connectivity index (χ0n) is 19.0. The third-order valence-corrected chi connectivity index (χ3v) is 6.10. The van der Waals surface area contributed by atoms with Crippen molar-refractivity contribution in [3.63, 3.8) is 0 Å². The molecule has 4 aromatic rings. The number of amides is 1. The highest BCUT2D eigenvalue weighted by Crippen LogP contribution is 2.25. The van der Waals surface area contributed by atoms with Gasteiger partial charge < -0.3 is 19.7 Å². The molecule has 5 rings (SSSR count). The highest BCUT2D eigenvalue weighted by atomic mass is 16.5. The Morgan fingerprint density at radius 3 is 2.94 bits per heavy atom. The number of ether oxygens (including phenoxy) is 2. The SMILES string of the molecule is COc1ccc(Nc2ncccc2C(=O)N2CCOC[C@@H](Cc3cccc4[nH]ncc34)C2)cc1. The van der Waals surface area contributed by atoms with Crippen LogP contribution in [-0.4, -0.2) is 59.4 Å². The van der Waals surface area contributed by atoms with E-state index < -0.39 is 0 Å². The summed E-state index contributed by atoms with van der Waals surface area (Å²) in [4.78, 5) is 19.9. The summed E-state index contributed by atoms with van der Waals surface area (Å²) in [7, 11) is 1.63. The Hall–Kier alpha value is -3.91. The molecule has 2 aromatic heterocycles. The fourth-order valence-electron chi connectivity index (χ4n) is 4.37. The Labute approximate surface area is 197 Å². The van der Waals surface area contributed by atoms with Gasteiger partial charge in [0.15, 0.2) is 0 Å². The molecular weight excluding hydrogens is 430 g/mol. The maximum atomic E-state index is 13.6. The molecule has 0 aliphatic carbocycles. The molecule has 8 heteroatoms. The average molecular weight is 458 g/mol. The van der Waals surface area contributed by atoms with Gasteiger partial charge in [-0.3, -0.25) is 9.89 Å². The van der Waals surface area contributed by atoms with E-state index in [1.807, 2.05) is 53.6 Å². The molecule has 8 nitrogen and oxygen atoms in total. The van der Waals surface area contributed by atoms with Crippen LogP contribution in [0.1, 0.15) is 15.9 Å². The van der Waals surface area contributed by atoms with Gasteiger partial charge in [0.05, 0.1) is 37.6 Å². The number of carbonyl (C=O) groups is 1. The van der Waals surface area contributed by atoms with Gasteiger partial charge in [-0.2, -0.15) is 5.10 Å². The minimum absolute atomic E-state index is 0.0545. The molecule has 0 radical (unpaired) electrons. The van der Waals surface area contributed by atoms with E-state index in [1.165, 1.54) is 5.56 Å². The number of benzene rings is 2. The van der Waals surface area contributed by atoms with Gasteiger partial charge in [0.2, 0.25) is 0 Å². The summed E-state index contributed by atoms with van der Waals surface area (Å²) in [6.45, 7) is 2.29. The van der Waals surface area contributed by atoms with Crippen LogP contribution >= 0.6 is 0 Å². The Balaban J connectivity index is 1.34. The number of carbonyl (C=O) groups excluding carboxylic acids is 1. The van der Waals surface area contributed by atoms with Crippen LogP contribution in [0, 0.1) is 5.92 Å². The van der Waals surface area contributed by atoms with E-state index in [2.05, 4.69) is 26.6 Å². The highest BCUT2D eigenvalue weighted by molar-refractivity contribution is 5.99. The smallest absolute Gasteiger partial charge is 0.257 e. The zero-order valence-corrected chi connectivity index (χ0v) is 19.0. The maximum absolute atomic E-state index is 13.6. The molecular formula is C26H27N5O3. The molecule has 1 amide bonds. The van der Waals surface area contributed by atoms with Crippen molar-refractivity contribution in [1.82, 2.24) is 20.1 Å². The molecule has 0 saturated carbocycles. The van der Waals surface area contributed by atoms with Gasteiger partial charge in [-0.15, -0.1) is 0 Å². The third kappa shape index (κ3) is 4.72. The van der Waals surface area contributed by atoms with Gasteiger partial charge in [0.1, 0.15) is 11.6 Å². The summed E-state index contributed by atoms with van der Waals surface area (Å²) >= 11 is 0. The Morgan fingerprint density at radius 2 is 2.09 bits per heavy atom. The Morgan fingerprint density at radius 1 is 1.21 bits per heavy atom. The molecule has 1 aliphatic rings. The van der Waals surface area contributed by atoms with Crippen molar-refractivity contribution in [2.45, 2.75) is 6.42 Å². The number of fused-ring (bicyclic) bond motifs is 1. The molecule has 1 fully saturated rings. The molecule has 34 heavy (non-hydrogen) atoms. The average Bonchev–Trinajstić information content (AvgIpc) is 3.24. The van der Waals surface area contributed by atoms with E-state index in [1.54, 1.807) is 19.4 Å². The van der Waals surface area contributed by atoms with Crippen LogP contribution < -0.4 is 10.1 Å². The lowest BCUT2D eigenvalue weighted by atomic mass is 9.97. The van der Waals surface area contributed by atoms with Crippen LogP contribution in [-0.2, 0) is 11.2 Å². The first-order chi connectivity index (χ1) is 16.7. The van der Waals surface area contributed by atoms with Gasteiger partial charge in [-0.05, 0) is 54.4 Å². The minimum Gasteiger partial charge on any atom is -0.497 e. The summed E-state index contributed by atoms with van der Waals surface area (Å²) in [5.74, 6) is 1.43. The van der Waals surface area contributed by atoms with Crippen molar-refractivity contribution in [2.24, 2.45) is 5.92 Å². The molecule has 0 unspecified atom stereocenters. The van der Waals surface area contributed by atoms with Gasteiger partial charge >= 0.3 is 0 Å². The topological polar surface area (TPSA) is 92.4 Å². The van der Waals surface area contributed by atoms with Crippen molar-refractivity contribution in [1.29, 1.82) is 0 Å². The fraction of sp³-hybridized carbons (Fsp3) is 0.269. The van der Waals surface area contributed by atoms with E-state index in [9.17, 15) is 4.79 Å². The predicted octanol–water partition coefficient (Wildman–Crippen LogP) is 4.04. The normalized spacial score (nSPS) is 16.3. The molecule has 1 aliphatic heterocycles. The van der Waals surface area contributed by atoms with E-state index in [4.69, 9.17) is 9.47 Å². The monoisotopic (exact) mass is 457 g/mol. The second kappa shape index (κ2) is 9.93. The number of pyridine rings is 1. The summed E-state index contributed by atoms with van der Waals surface area (Å²) in [5, 5.41) is 11.6. The minimum atomic E-state index is -0.0545. The molecule has 0 spiro atoms. The zero-order chi connectivity index (χ0) is 23.3. The summed E-state index contributed by atoms with van der Waals surface area (Å²) in [5.41, 5.74) is 3.59. The molecule has 1 saturated heterocycles. The largest absolute Gasteiger partial charge is 0.497 e. The van der Waals surface area contributed by atoms with Crippen LogP contribution in [0.4, 0.5) is 11.5 Å². The standard InChI is InChI=1S/C26H27N5O3/c1-33-21-9-7-20(8-10-21)29-25-22(5-3-11-27-25)26(32)31-12-13-34-17-18(16-31)14-19-4-2-6-24-23(19)15-28-30-24/h2-11,15,18H,12-14,16-17H2,1H3,(H,27,29)(H,28,30)/t18-/m0/s1. The number of rotatable bonds is 6. The van der Waals surface area contributed by atoms with E-state index in [-0.39, 0.29) is 11.8 Å². The number of H-pyrrole nitrogens is 1. The van der Waals surface area contributed by atoms with E-state index in [0.717, 1.165) is 28.8 Å². The summed E-state index contributed by atoms with van der Waals surface area (Å²) in [6, 6.07) is 17.3. The lowest BCUT2D eigenvalue weighted by molar-refractivity contribution is 0.0738. The van der Waals surface area contributed by atoms with Crippen molar-refractivity contribution in [2.75, 3.05) is 38.7 Å². The number of aromatic nitrogens is 3. The highest BCUT2D eigenvalue weighted by Gasteiger charge is 2.26. The molecule has 2 aromatic carbocycles. The second-order valence-electron chi connectivity index (χ2n) is 8.40. The third-order valence-electron chi connectivity index (χ3n) is 6.10. The fourth-order valence-corrected chi connectivity index (χ4v) is 4.37. The van der Waals surface area contributed by atoms with Crippen molar-refractivity contribution < 1.29 is 14.3 Å². The summed E-state index contributed by atoms with van der Waals surface area (Å²) < 4.78 is 11.1. The van der Waals surface area contributed by atoms with Gasteiger partial charge in [-0.1, -0.05) is 12.1 Å². The van der Waals surface area contributed by atoms with Crippen LogP contribution in [0.5, 0.6) is 5.75 Å². The van der Waals surface area contributed by atoms with Crippen LogP contribution in [0.15, 0.2) is 67.0 Å². The molecule has 0 bridgehead atoms. The van der Waals surface area contributed by atoms with Gasteiger partial charge in [-0.25, -0.2) is 4.98 Å². The quantitative estimate of drug-likeness (QED) is 0.454. The number of aromatic amines is 1. The van der Waals surface area contributed by atoms with E-state index in [0.29, 0.717) is 37.7 Å². The van der Waals surface area contributed by atoms with Crippen LogP contribution in [0.2, 0.25) is 0 Å². The van der Waals surface area contributed by atoms with Crippen molar-refractivity contribution in [3.8, 4) is 5.75 Å². The predicted molar refractivity (Wildman–Crippen MR) is 131 cm³/mol. The number of hydrogen-bond acceptors (Lipinski definition) is 6. The number of hydrogen-bond donors (Lipinski definition) is 2. The van der Waals surface area contributed by atoms with Gasteiger partial charge in [0, 0.05) is 36.3 Å². The summed E-state index contributed by atoms with van der Waals surface area (Å²) in [6.07, 6.45) is 4.35.